The van der Waals surface area contributed by atoms with Crippen molar-refractivity contribution in [2.24, 2.45) is 0 Å². The van der Waals surface area contributed by atoms with Gasteiger partial charge in [0.05, 0.1) is 39.4 Å². The third kappa shape index (κ3) is 20.5. The molecule has 1 saturated heterocycles. The monoisotopic (exact) mass is 669 g/mol. The van der Waals surface area contributed by atoms with Gasteiger partial charge in [0.15, 0.2) is 5.79 Å². The summed E-state index contributed by atoms with van der Waals surface area (Å²) in [6, 6.07) is 0.654. The summed E-state index contributed by atoms with van der Waals surface area (Å²) < 4.78 is 14.8. The molecule has 0 spiro atoms. The summed E-state index contributed by atoms with van der Waals surface area (Å²) in [6.07, 6.45) is 55.1. The van der Waals surface area contributed by atoms with E-state index in [0.29, 0.717) is 18.2 Å². The molecule has 2 rings (SSSR count). The standard InChI is InChI=1S/C45H82NO2/c1-6-8-10-12-14-16-18-20-22-24-26-28-30-32-34-36-38-45(47-43-40-42(46(3,4)5)41-44(43)48-45)39-37-35-33-31-29-27-25-23-21-19-17-15-13-11-9-7-2/h14-17,20-23,42-44H,6-13,18-19,24-41H2,1-5H3/q+1/t42?,43-,44?,45?/m0/s1. The van der Waals surface area contributed by atoms with E-state index in [2.05, 4.69) is 83.6 Å². The largest absolute Gasteiger partial charge is 0.344 e. The van der Waals surface area contributed by atoms with Gasteiger partial charge in [-0.15, -0.1) is 0 Å². The van der Waals surface area contributed by atoms with Gasteiger partial charge in [-0.25, -0.2) is 0 Å². The van der Waals surface area contributed by atoms with Gasteiger partial charge in [0.25, 0.3) is 0 Å². The fraction of sp³-hybridized carbons (Fsp3) is 0.822. The molecule has 3 atom stereocenters. The predicted octanol–water partition coefficient (Wildman–Crippen LogP) is 13.7. The maximum absolute atomic E-state index is 6.89. The zero-order valence-corrected chi connectivity index (χ0v) is 32.9. The molecule has 0 N–H and O–H groups in total. The van der Waals surface area contributed by atoms with Crippen LogP contribution in [0.2, 0.25) is 0 Å². The molecule has 0 aromatic carbocycles. The molecule has 1 saturated carbocycles. The Morgan fingerprint density at radius 3 is 1.15 bits per heavy atom. The van der Waals surface area contributed by atoms with Gasteiger partial charge in [-0.2, -0.15) is 0 Å². The number of fused-ring (bicyclic) bond motifs is 1. The van der Waals surface area contributed by atoms with Gasteiger partial charge >= 0.3 is 0 Å². The third-order valence-corrected chi connectivity index (χ3v) is 10.8. The lowest BCUT2D eigenvalue weighted by atomic mass is 9.98. The highest BCUT2D eigenvalue weighted by molar-refractivity contribution is 4.95. The van der Waals surface area contributed by atoms with E-state index in [9.17, 15) is 0 Å². The number of allylic oxidation sites excluding steroid dienone is 8. The molecule has 1 heterocycles. The quantitative estimate of drug-likeness (QED) is 0.0416. The minimum atomic E-state index is -0.310. The Morgan fingerprint density at radius 2 is 0.792 bits per heavy atom. The lowest BCUT2D eigenvalue weighted by molar-refractivity contribution is -0.895. The van der Waals surface area contributed by atoms with Crippen LogP contribution in [0.15, 0.2) is 48.6 Å². The Balaban J connectivity index is 1.58. The Bertz CT molecular complexity index is 801. The van der Waals surface area contributed by atoms with Crippen LogP contribution >= 0.6 is 0 Å². The van der Waals surface area contributed by atoms with Crippen molar-refractivity contribution in [3.05, 3.63) is 48.6 Å². The first-order chi connectivity index (χ1) is 23.4. The van der Waals surface area contributed by atoms with Gasteiger partial charge in [-0.3, -0.25) is 0 Å². The van der Waals surface area contributed by atoms with Gasteiger partial charge in [0, 0.05) is 25.7 Å². The highest BCUT2D eigenvalue weighted by atomic mass is 16.8. The summed E-state index contributed by atoms with van der Waals surface area (Å²) in [5.74, 6) is -0.310. The average molecular weight is 669 g/mol. The van der Waals surface area contributed by atoms with Crippen molar-refractivity contribution < 1.29 is 14.0 Å². The zero-order valence-electron chi connectivity index (χ0n) is 32.9. The normalized spacial score (nSPS) is 23.2. The Kier molecular flexibility index (Phi) is 24.7. The molecular formula is C45H82NO2+. The molecule has 0 bridgehead atoms. The molecule has 2 fully saturated rings. The fourth-order valence-corrected chi connectivity index (χ4v) is 7.52. The Labute approximate surface area is 300 Å². The van der Waals surface area contributed by atoms with Crippen LogP contribution in [-0.2, 0) is 9.47 Å². The van der Waals surface area contributed by atoms with Crippen LogP contribution in [0.3, 0.4) is 0 Å². The van der Waals surface area contributed by atoms with Gasteiger partial charge in [0.2, 0.25) is 0 Å². The number of nitrogens with zero attached hydrogens (tertiary/aromatic N) is 1. The van der Waals surface area contributed by atoms with Crippen LogP contribution < -0.4 is 0 Å². The van der Waals surface area contributed by atoms with Crippen LogP contribution in [-0.4, -0.2) is 49.7 Å². The van der Waals surface area contributed by atoms with E-state index in [0.717, 1.165) is 43.0 Å². The van der Waals surface area contributed by atoms with E-state index in [1.165, 1.54) is 141 Å². The van der Waals surface area contributed by atoms with Crippen molar-refractivity contribution in [1.82, 2.24) is 0 Å². The molecule has 278 valence electrons. The van der Waals surface area contributed by atoms with Gasteiger partial charge in [-0.05, 0) is 77.0 Å². The molecule has 0 amide bonds. The highest BCUT2D eigenvalue weighted by Crippen LogP contribution is 2.45. The second-order valence-electron chi connectivity index (χ2n) is 16.1. The first kappa shape index (κ1) is 43.0. The minimum absolute atomic E-state index is 0.307. The van der Waals surface area contributed by atoms with Gasteiger partial charge < -0.3 is 14.0 Å². The molecule has 2 unspecified atom stereocenters. The van der Waals surface area contributed by atoms with E-state index < -0.39 is 0 Å². The lowest BCUT2D eigenvalue weighted by Crippen LogP contribution is -2.45. The van der Waals surface area contributed by atoms with Crippen molar-refractivity contribution in [1.29, 1.82) is 0 Å². The Morgan fingerprint density at radius 1 is 0.458 bits per heavy atom. The highest BCUT2D eigenvalue weighted by Gasteiger charge is 2.53. The van der Waals surface area contributed by atoms with Crippen LogP contribution in [0.4, 0.5) is 0 Å². The SMILES string of the molecule is CCCCCC=CCC=CCCCCCCCCC1(CCCCCCCCC=CCC=CCCCCC)OC2CC([N+](C)(C)C)C[C@@H]2O1. The van der Waals surface area contributed by atoms with E-state index in [1.54, 1.807) is 0 Å². The van der Waals surface area contributed by atoms with Crippen molar-refractivity contribution >= 4 is 0 Å². The summed E-state index contributed by atoms with van der Waals surface area (Å²) in [7, 11) is 6.98. The fourth-order valence-electron chi connectivity index (χ4n) is 7.52. The van der Waals surface area contributed by atoms with Crippen LogP contribution in [0.5, 0.6) is 0 Å². The molecule has 1 aliphatic carbocycles. The second kappa shape index (κ2) is 27.5. The molecule has 0 aromatic rings. The minimum Gasteiger partial charge on any atom is -0.344 e. The van der Waals surface area contributed by atoms with Gasteiger partial charge in [-0.1, -0.05) is 140 Å². The number of hydrogen-bond acceptors (Lipinski definition) is 2. The van der Waals surface area contributed by atoms with Crippen molar-refractivity contribution in [2.45, 2.75) is 218 Å². The molecule has 3 heteroatoms. The molecule has 0 radical (unpaired) electrons. The second-order valence-corrected chi connectivity index (χ2v) is 16.1. The zero-order chi connectivity index (χ0) is 34.6. The van der Waals surface area contributed by atoms with E-state index in [4.69, 9.17) is 9.47 Å². The first-order valence-electron chi connectivity index (χ1n) is 21.2. The molecule has 48 heavy (non-hydrogen) atoms. The van der Waals surface area contributed by atoms with Crippen molar-refractivity contribution in [2.75, 3.05) is 21.1 Å². The van der Waals surface area contributed by atoms with Crippen LogP contribution in [0.25, 0.3) is 0 Å². The van der Waals surface area contributed by atoms with Crippen LogP contribution in [0, 0.1) is 0 Å². The molecule has 2 aliphatic rings. The average Bonchev–Trinajstić information content (AvgIpc) is 3.61. The van der Waals surface area contributed by atoms with Gasteiger partial charge in [0.1, 0.15) is 0 Å². The number of rotatable bonds is 31. The topological polar surface area (TPSA) is 18.5 Å². The number of hydrogen-bond donors (Lipinski definition) is 0. The van der Waals surface area contributed by atoms with Crippen LogP contribution in [0.1, 0.15) is 194 Å². The van der Waals surface area contributed by atoms with E-state index >= 15 is 0 Å². The first-order valence-corrected chi connectivity index (χ1v) is 21.2. The number of quaternary nitrogens is 1. The summed E-state index contributed by atoms with van der Waals surface area (Å²) in [6.45, 7) is 4.54. The van der Waals surface area contributed by atoms with E-state index in [-0.39, 0.29) is 5.79 Å². The summed E-state index contributed by atoms with van der Waals surface area (Å²) in [4.78, 5) is 0. The Hall–Kier alpha value is -1.16. The molecular weight excluding hydrogens is 587 g/mol. The lowest BCUT2D eigenvalue weighted by Gasteiger charge is -2.34. The molecule has 0 aromatic heterocycles. The predicted molar refractivity (Wildman–Crippen MR) is 211 cm³/mol. The molecule has 1 aliphatic heterocycles. The number of unbranched alkanes of at least 4 members (excludes halogenated alkanes) is 18. The summed E-state index contributed by atoms with van der Waals surface area (Å²) in [5.41, 5.74) is 0. The third-order valence-electron chi connectivity index (χ3n) is 10.8. The maximum atomic E-state index is 6.89. The summed E-state index contributed by atoms with van der Waals surface area (Å²) in [5, 5.41) is 0. The molecule has 3 nitrogen and oxygen atoms in total. The summed E-state index contributed by atoms with van der Waals surface area (Å²) >= 11 is 0. The number of ether oxygens (including phenoxy) is 2. The van der Waals surface area contributed by atoms with E-state index in [1.807, 2.05) is 0 Å². The smallest absolute Gasteiger partial charge is 0.169 e. The maximum Gasteiger partial charge on any atom is 0.169 e. The van der Waals surface area contributed by atoms with Crippen molar-refractivity contribution in [3.8, 4) is 0 Å². The van der Waals surface area contributed by atoms with Crippen molar-refractivity contribution in [3.63, 3.8) is 0 Å².